The van der Waals surface area contributed by atoms with Crippen molar-refractivity contribution in [3.8, 4) is 5.75 Å². The third-order valence-corrected chi connectivity index (χ3v) is 14.1. The number of hydrogen-bond acceptors (Lipinski definition) is 7. The van der Waals surface area contributed by atoms with Crippen LogP contribution in [0, 0.1) is 23.7 Å². The van der Waals surface area contributed by atoms with Gasteiger partial charge in [-0.05, 0) is 93.2 Å². The molecule has 6 bridgehead atoms. The third kappa shape index (κ3) is 4.67. The van der Waals surface area contributed by atoms with Crippen molar-refractivity contribution < 1.29 is 23.8 Å². The Hall–Kier alpha value is -4.08. The van der Waals surface area contributed by atoms with Gasteiger partial charge in [0.1, 0.15) is 11.2 Å². The fourth-order valence-corrected chi connectivity index (χ4v) is 12.1. The van der Waals surface area contributed by atoms with Gasteiger partial charge in [0.25, 0.3) is 0 Å². The second-order valence-corrected chi connectivity index (χ2v) is 16.3. The van der Waals surface area contributed by atoms with Crippen LogP contribution in [0.15, 0.2) is 48.0 Å². The van der Waals surface area contributed by atoms with Crippen molar-refractivity contribution in [2.75, 3.05) is 48.0 Å². The number of likely N-dealkylation sites (N-methyl/N-ethyl adjacent to an activating group) is 1. The molecule has 274 valence electrons. The van der Waals surface area contributed by atoms with Crippen molar-refractivity contribution >= 4 is 33.7 Å². The van der Waals surface area contributed by atoms with Crippen molar-refractivity contribution in [2.24, 2.45) is 23.7 Å². The van der Waals surface area contributed by atoms with Crippen molar-refractivity contribution in [3.63, 3.8) is 0 Å². The van der Waals surface area contributed by atoms with E-state index in [2.05, 4.69) is 83.1 Å². The maximum absolute atomic E-state index is 14.2. The summed E-state index contributed by atoms with van der Waals surface area (Å²) in [6, 6.07) is 13.2. The molecule has 0 amide bonds. The minimum absolute atomic E-state index is 0.00122. The smallest absolute Gasteiger partial charge is 0.319 e. The number of allylic oxidation sites excluding steroid dienone is 1. The van der Waals surface area contributed by atoms with E-state index in [4.69, 9.17) is 14.2 Å². The Kier molecular flexibility index (Phi) is 8.12. The van der Waals surface area contributed by atoms with Crippen LogP contribution < -0.4 is 4.74 Å². The Labute approximate surface area is 306 Å². The molecule has 0 spiro atoms. The zero-order chi connectivity index (χ0) is 36.1. The molecule has 9 unspecified atom stereocenters. The summed E-state index contributed by atoms with van der Waals surface area (Å²) in [5.74, 6) is 1.11. The molecule has 9 nitrogen and oxygen atoms in total. The molecule has 6 heterocycles. The second kappa shape index (κ2) is 12.5. The standard InChI is InChI=1S/C43H52N4O5/c1-7-24-15-23-20-43(42(49)52-6)39-27(13-14-47(21-23)40(24)43)29-19-36(50-4)30(17-34(29)45-39)31-16-28-25(8-2)22-46(3)35(37(28)41(48)51-5)18-32-26-11-9-10-12-33(26)44-38(31)32/h8-12,17,19,23-24,28,31,35,37,40,44-45H,7,13-16,18,20-22H2,1-6H3. The van der Waals surface area contributed by atoms with Crippen LogP contribution in [0.3, 0.4) is 0 Å². The normalized spacial score (nSPS) is 33.2. The summed E-state index contributed by atoms with van der Waals surface area (Å²) >= 11 is 0. The van der Waals surface area contributed by atoms with Gasteiger partial charge in [0.2, 0.25) is 0 Å². The largest absolute Gasteiger partial charge is 0.496 e. The molecule has 1 saturated carbocycles. The zero-order valence-electron chi connectivity index (χ0n) is 31.4. The SMILES string of the molecule is CC=C1CN(C)C2Cc3c([nH]c4ccccc34)C(c3cc4[nH]c5c(c4cc3OC)CCN3CC4CC(CC)C3C5(C(=O)OC)C4)CC1C2C(=O)OC. The van der Waals surface area contributed by atoms with Crippen LogP contribution in [0.4, 0.5) is 0 Å². The lowest BCUT2D eigenvalue weighted by molar-refractivity contribution is -0.162. The van der Waals surface area contributed by atoms with Gasteiger partial charge in [-0.2, -0.15) is 0 Å². The first-order valence-electron chi connectivity index (χ1n) is 19.3. The topological polar surface area (TPSA) is 99.9 Å². The molecular formula is C43H52N4O5. The average molecular weight is 705 g/mol. The molecule has 4 aliphatic heterocycles. The number of nitrogens with one attached hydrogen (secondary N) is 2. The first-order valence-corrected chi connectivity index (χ1v) is 19.3. The van der Waals surface area contributed by atoms with Gasteiger partial charge < -0.3 is 24.2 Å². The lowest BCUT2D eigenvalue weighted by atomic mass is 9.56. The number of H-pyrrole nitrogens is 2. The fourth-order valence-electron chi connectivity index (χ4n) is 12.1. The number of benzene rings is 2. The molecule has 2 N–H and O–H groups in total. The van der Waals surface area contributed by atoms with Crippen LogP contribution in [0.25, 0.3) is 21.8 Å². The van der Waals surface area contributed by atoms with E-state index in [1.807, 2.05) is 0 Å². The number of hydrogen-bond donors (Lipinski definition) is 2. The number of carbonyl (C=O) groups excluding carboxylic acids is 2. The van der Waals surface area contributed by atoms with Crippen molar-refractivity contribution in [3.05, 3.63) is 76.1 Å². The van der Waals surface area contributed by atoms with Crippen LogP contribution in [-0.2, 0) is 37.3 Å². The van der Waals surface area contributed by atoms with Crippen molar-refractivity contribution in [1.82, 2.24) is 19.8 Å². The van der Waals surface area contributed by atoms with E-state index in [9.17, 15) is 9.59 Å². The lowest BCUT2D eigenvalue weighted by Gasteiger charge is -2.57. The highest BCUT2D eigenvalue weighted by Gasteiger charge is 2.62. The Morgan fingerprint density at radius 3 is 2.60 bits per heavy atom. The molecular weight excluding hydrogens is 652 g/mol. The molecule has 52 heavy (non-hydrogen) atoms. The molecule has 4 fully saturated rings. The van der Waals surface area contributed by atoms with Gasteiger partial charge in [-0.25, -0.2) is 0 Å². The van der Waals surface area contributed by atoms with Crippen molar-refractivity contribution in [2.45, 2.75) is 75.8 Å². The Morgan fingerprint density at radius 1 is 1.02 bits per heavy atom. The molecule has 10 rings (SSSR count). The molecule has 6 aliphatic rings. The number of methoxy groups -OCH3 is 3. The third-order valence-electron chi connectivity index (χ3n) is 14.1. The van der Waals surface area contributed by atoms with E-state index in [1.165, 1.54) is 41.3 Å². The van der Waals surface area contributed by atoms with Gasteiger partial charge >= 0.3 is 11.9 Å². The van der Waals surface area contributed by atoms with Gasteiger partial charge in [-0.1, -0.05) is 43.2 Å². The van der Waals surface area contributed by atoms with E-state index in [1.54, 1.807) is 14.2 Å². The Balaban J connectivity index is 1.27. The zero-order valence-corrected chi connectivity index (χ0v) is 31.4. The number of nitrogens with zero attached hydrogens (tertiary/aromatic N) is 2. The highest BCUT2D eigenvalue weighted by Crippen LogP contribution is 2.56. The lowest BCUT2D eigenvalue weighted by Crippen LogP contribution is -2.67. The van der Waals surface area contributed by atoms with Crippen LogP contribution in [0.1, 0.15) is 73.5 Å². The maximum Gasteiger partial charge on any atom is 0.319 e. The van der Waals surface area contributed by atoms with Gasteiger partial charge in [-0.15, -0.1) is 0 Å². The number of likely N-dealkylation sites (tertiary alicyclic amines) is 1. The van der Waals surface area contributed by atoms with Gasteiger partial charge in [-0.3, -0.25) is 19.4 Å². The summed E-state index contributed by atoms with van der Waals surface area (Å²) < 4.78 is 17.6. The van der Waals surface area contributed by atoms with Gasteiger partial charge in [0, 0.05) is 76.4 Å². The molecule has 3 saturated heterocycles. The van der Waals surface area contributed by atoms with E-state index < -0.39 is 5.41 Å². The average Bonchev–Trinajstić information content (AvgIpc) is 3.69. The predicted octanol–water partition coefficient (Wildman–Crippen LogP) is 6.49. The van der Waals surface area contributed by atoms with Crippen LogP contribution in [0.5, 0.6) is 5.75 Å². The number of ether oxygens (including phenoxy) is 3. The second-order valence-electron chi connectivity index (χ2n) is 16.3. The summed E-state index contributed by atoms with van der Waals surface area (Å²) in [6.07, 6.45) is 7.59. The number of para-hydroxylation sites is 1. The van der Waals surface area contributed by atoms with Crippen LogP contribution in [-0.4, -0.2) is 91.8 Å². The first kappa shape index (κ1) is 33.7. The molecule has 2 aromatic carbocycles. The molecule has 2 aliphatic carbocycles. The first-order chi connectivity index (χ1) is 25.3. The quantitative estimate of drug-likeness (QED) is 0.181. The van der Waals surface area contributed by atoms with E-state index in [0.717, 1.165) is 85.2 Å². The summed E-state index contributed by atoms with van der Waals surface area (Å²) in [7, 11) is 6.99. The molecule has 0 radical (unpaired) electrons. The predicted molar refractivity (Wildman–Crippen MR) is 202 cm³/mol. The van der Waals surface area contributed by atoms with Crippen molar-refractivity contribution in [1.29, 1.82) is 0 Å². The Morgan fingerprint density at radius 2 is 1.85 bits per heavy atom. The fraction of sp³-hybridized carbons (Fsp3) is 0.535. The number of rotatable bonds is 5. The highest BCUT2D eigenvalue weighted by molar-refractivity contribution is 5.93. The van der Waals surface area contributed by atoms with E-state index in [-0.39, 0.29) is 41.8 Å². The monoisotopic (exact) mass is 704 g/mol. The summed E-state index contributed by atoms with van der Waals surface area (Å²) in [6.45, 7) is 7.17. The number of fused-ring (bicyclic) bond motifs is 9. The van der Waals surface area contributed by atoms with Crippen LogP contribution >= 0.6 is 0 Å². The minimum Gasteiger partial charge on any atom is -0.496 e. The number of aromatic nitrogens is 2. The minimum atomic E-state index is -0.725. The summed E-state index contributed by atoms with van der Waals surface area (Å²) in [5, 5.41) is 2.32. The number of carbonyl (C=O) groups is 2. The number of esters is 2. The molecule has 2 aromatic heterocycles. The van der Waals surface area contributed by atoms with Crippen LogP contribution in [0.2, 0.25) is 0 Å². The number of aromatic amines is 2. The van der Waals surface area contributed by atoms with Gasteiger partial charge in [0.05, 0.1) is 27.2 Å². The number of piperidine rings is 3. The maximum atomic E-state index is 14.2. The molecule has 9 heteroatoms. The van der Waals surface area contributed by atoms with E-state index >= 15 is 0 Å². The summed E-state index contributed by atoms with van der Waals surface area (Å²) in [4.78, 5) is 40.8. The van der Waals surface area contributed by atoms with E-state index in [0.29, 0.717) is 11.8 Å². The highest BCUT2D eigenvalue weighted by atomic mass is 16.5. The Bertz CT molecular complexity index is 2110. The summed E-state index contributed by atoms with van der Waals surface area (Å²) in [5.41, 5.74) is 8.48. The molecule has 4 aromatic rings. The van der Waals surface area contributed by atoms with Gasteiger partial charge in [0.15, 0.2) is 0 Å². The molecule has 9 atom stereocenters.